The van der Waals surface area contributed by atoms with Gasteiger partial charge in [-0.05, 0) is 150 Å². The van der Waals surface area contributed by atoms with Crippen LogP contribution < -0.4 is 0 Å². The van der Waals surface area contributed by atoms with Crippen molar-refractivity contribution in [3.8, 4) is 0 Å². The van der Waals surface area contributed by atoms with Crippen LogP contribution in [0.2, 0.25) is 0 Å². The van der Waals surface area contributed by atoms with E-state index in [0.717, 1.165) is 45.6 Å². The van der Waals surface area contributed by atoms with E-state index >= 15 is 0 Å². The van der Waals surface area contributed by atoms with E-state index in [2.05, 4.69) is 81.4 Å². The minimum Gasteiger partial charge on any atom is -0.396 e. The molecule has 4 rings (SSSR count). The zero-order valence-corrected chi connectivity index (χ0v) is 27.0. The van der Waals surface area contributed by atoms with E-state index in [4.69, 9.17) is 5.11 Å². The van der Waals surface area contributed by atoms with Gasteiger partial charge >= 0.3 is 34.1 Å². The molecule has 4 aliphatic rings. The average Bonchev–Trinajstić information content (AvgIpc) is 3.69. The largest absolute Gasteiger partial charge is 2.00 e. The standard InChI is InChI=1S/C24H39N3O.2C5H5.2Fe/c1-25(2)17-21-11-9-13-23(21)19-27(15-7-5-6-8-16-28)20-24-14-10-12-22(24)18-26(3)4;2*1-2-4-5-3-1;;/h9-14,28H,5-8,15-20H2,1-4H3;2*1-5H;;/q;;;2*+2. The Morgan fingerprint density at radius 1 is 0.450 bits per heavy atom. The second-order valence-electron chi connectivity index (χ2n) is 10.4. The zero-order chi connectivity index (χ0) is 27.4. The van der Waals surface area contributed by atoms with E-state index in [1.807, 2.05) is 64.2 Å². The van der Waals surface area contributed by atoms with Crippen molar-refractivity contribution in [2.24, 2.45) is 0 Å². The molecule has 0 aromatic carbocycles. The molecule has 0 atom stereocenters. The van der Waals surface area contributed by atoms with E-state index in [9.17, 15) is 0 Å². The van der Waals surface area contributed by atoms with Crippen molar-refractivity contribution in [3.63, 3.8) is 0 Å². The molecule has 0 amide bonds. The number of nitrogens with zero attached hydrogens (tertiary/aromatic N) is 3. The summed E-state index contributed by atoms with van der Waals surface area (Å²) in [5, 5.41) is 9.00. The summed E-state index contributed by atoms with van der Waals surface area (Å²) in [4.78, 5) is 7.08. The molecule has 4 nitrogen and oxygen atoms in total. The Kier molecular flexibility index (Phi) is 26.9. The Morgan fingerprint density at radius 2 is 0.775 bits per heavy atom. The van der Waals surface area contributed by atoms with Crippen molar-refractivity contribution >= 4 is 0 Å². The van der Waals surface area contributed by atoms with Crippen molar-refractivity contribution in [2.45, 2.75) is 25.7 Å². The van der Waals surface area contributed by atoms with Crippen LogP contribution in [0.5, 0.6) is 0 Å². The van der Waals surface area contributed by atoms with Crippen molar-refractivity contribution in [2.75, 3.05) is 67.5 Å². The van der Waals surface area contributed by atoms with Gasteiger partial charge in [-0.25, -0.2) is 0 Å². The van der Waals surface area contributed by atoms with Gasteiger partial charge in [-0.2, -0.15) is 0 Å². The molecule has 0 spiro atoms. The first-order valence-electron chi connectivity index (χ1n) is 13.9. The number of aliphatic hydroxyl groups excluding tert-OH is 1. The summed E-state index contributed by atoms with van der Waals surface area (Å²) in [6.07, 6.45) is 37.9. The maximum atomic E-state index is 9.00. The van der Waals surface area contributed by atoms with Crippen LogP contribution in [0.25, 0.3) is 0 Å². The van der Waals surface area contributed by atoms with E-state index < -0.39 is 0 Å². The molecule has 0 saturated heterocycles. The molecule has 40 heavy (non-hydrogen) atoms. The zero-order valence-electron chi connectivity index (χ0n) is 24.8. The summed E-state index contributed by atoms with van der Waals surface area (Å²) < 4.78 is 0. The quantitative estimate of drug-likeness (QED) is 0.226. The molecule has 0 bridgehead atoms. The molecule has 1 N–H and O–H groups in total. The van der Waals surface area contributed by atoms with Gasteiger partial charge in [0.1, 0.15) is 0 Å². The Balaban J connectivity index is 0.00000105. The molecular formula is C34H49Fe2N3O+4. The average molecular weight is 627 g/mol. The maximum absolute atomic E-state index is 9.00. The molecule has 6 heteroatoms. The number of hydrogen-bond donors (Lipinski definition) is 1. The molecule has 0 unspecified atom stereocenters. The fraction of sp³-hybridized carbons (Fsp3) is 0.412. The summed E-state index contributed by atoms with van der Waals surface area (Å²) in [5.74, 6) is 5.77. The summed E-state index contributed by atoms with van der Waals surface area (Å²) in [6.45, 7) is 5.41. The molecule has 0 aromatic heterocycles. The molecular weight excluding hydrogens is 578 g/mol. The Hall–Kier alpha value is 0.879. The first-order valence-corrected chi connectivity index (χ1v) is 13.9. The fourth-order valence-electron chi connectivity index (χ4n) is 4.43. The maximum Gasteiger partial charge on any atom is 2.00 e. The third-order valence-corrected chi connectivity index (χ3v) is 6.27. The van der Waals surface area contributed by atoms with Crippen LogP contribution in [0.4, 0.5) is 0 Å². The van der Waals surface area contributed by atoms with Crippen LogP contribution in [0.15, 0.2) is 0 Å². The minimum atomic E-state index is 0. The van der Waals surface area contributed by atoms with Crippen molar-refractivity contribution in [1.82, 2.24) is 14.7 Å². The number of unbranched alkanes of at least 4 members (excludes halogenated alkanes) is 3. The third-order valence-electron chi connectivity index (χ3n) is 6.27. The first-order chi connectivity index (χ1) is 18.5. The topological polar surface area (TPSA) is 30.0 Å². The Morgan fingerprint density at radius 3 is 1.10 bits per heavy atom. The Bertz CT molecular complexity index is 488. The molecule has 0 aliphatic heterocycles. The molecule has 4 saturated carbocycles. The second-order valence-corrected chi connectivity index (χ2v) is 10.4. The van der Waals surface area contributed by atoms with Gasteiger partial charge in [-0.3, -0.25) is 0 Å². The molecule has 218 valence electrons. The first kappa shape index (κ1) is 40.9. The number of aliphatic hydroxyl groups is 1. The summed E-state index contributed by atoms with van der Waals surface area (Å²) in [7, 11) is 8.53. The van der Waals surface area contributed by atoms with Crippen molar-refractivity contribution in [3.05, 3.63) is 126 Å². The minimum absolute atomic E-state index is 0. The number of hydrogen-bond acceptors (Lipinski definition) is 4. The summed E-state index contributed by atoms with van der Waals surface area (Å²) >= 11 is 0. The van der Waals surface area contributed by atoms with E-state index in [1.165, 1.54) is 36.5 Å². The van der Waals surface area contributed by atoms with Crippen LogP contribution >= 0.6 is 0 Å². The van der Waals surface area contributed by atoms with Gasteiger partial charge in [0.2, 0.25) is 0 Å². The number of rotatable bonds is 14. The third kappa shape index (κ3) is 19.2. The summed E-state index contributed by atoms with van der Waals surface area (Å²) in [6, 6.07) is 0. The normalized spacial score (nSPS) is 20.4. The predicted octanol–water partition coefficient (Wildman–Crippen LogP) is 4.55. The molecule has 0 aromatic rings. The van der Waals surface area contributed by atoms with Crippen molar-refractivity contribution < 1.29 is 39.2 Å². The van der Waals surface area contributed by atoms with Gasteiger partial charge in [0.25, 0.3) is 0 Å². The summed E-state index contributed by atoms with van der Waals surface area (Å²) in [5.41, 5.74) is 0. The molecule has 0 heterocycles. The monoisotopic (exact) mass is 627 g/mol. The van der Waals surface area contributed by atoms with Gasteiger partial charge in [-0.15, -0.1) is 0 Å². The van der Waals surface area contributed by atoms with Crippen LogP contribution in [0.3, 0.4) is 0 Å². The molecule has 4 fully saturated rings. The van der Waals surface area contributed by atoms with Crippen LogP contribution in [0, 0.1) is 126 Å². The fourth-order valence-corrected chi connectivity index (χ4v) is 4.43. The van der Waals surface area contributed by atoms with Gasteiger partial charge < -0.3 is 19.8 Å². The predicted molar refractivity (Wildman–Crippen MR) is 161 cm³/mol. The van der Waals surface area contributed by atoms with Crippen molar-refractivity contribution in [1.29, 1.82) is 0 Å². The van der Waals surface area contributed by atoms with Crippen LogP contribution in [0.1, 0.15) is 25.7 Å². The van der Waals surface area contributed by atoms with Gasteiger partial charge in [-0.1, -0.05) is 12.8 Å². The van der Waals surface area contributed by atoms with Gasteiger partial charge in [0.15, 0.2) is 0 Å². The van der Waals surface area contributed by atoms with Gasteiger partial charge in [0, 0.05) is 56.5 Å². The van der Waals surface area contributed by atoms with E-state index in [1.54, 1.807) is 0 Å². The van der Waals surface area contributed by atoms with E-state index in [0.29, 0.717) is 6.61 Å². The van der Waals surface area contributed by atoms with Crippen LogP contribution in [-0.4, -0.2) is 87.3 Å². The molecule has 20 radical (unpaired) electrons. The van der Waals surface area contributed by atoms with E-state index in [-0.39, 0.29) is 34.1 Å². The SMILES string of the molecule is CN(C)C[C]1[CH][CH][CH][C]1CN(CCCCCCO)C[C]1[CH][CH][CH][C]1CN(C)C.[CH]1[CH][CH][CH][CH]1.[CH]1[CH][CH][CH][CH]1.[Fe+2].[Fe+2]. The van der Waals surface area contributed by atoms with Crippen LogP contribution in [-0.2, 0) is 34.1 Å². The van der Waals surface area contributed by atoms with Gasteiger partial charge in [0.05, 0.1) is 0 Å². The Labute approximate surface area is 272 Å². The second kappa shape index (κ2) is 26.3. The smallest absolute Gasteiger partial charge is 0.396 e. The molecule has 4 aliphatic carbocycles.